The smallest absolute Gasteiger partial charge is 0.347 e. The Labute approximate surface area is 196 Å². The third kappa shape index (κ3) is 4.98. The molecule has 5 nitrogen and oxygen atoms in total. The number of alkyl halides is 3. The molecule has 0 aliphatic heterocycles. The Bertz CT molecular complexity index is 1340. The van der Waals surface area contributed by atoms with Gasteiger partial charge in [-0.2, -0.15) is 13.2 Å². The SMILES string of the molecule is C[C@@H](NS(=O)(=O)C1CC1)c1cn(CC(C)(C)C)c2cc(-c3ncccc3C(F)(F)F)c(F)cc12. The molecule has 1 fully saturated rings. The number of hydrogen-bond acceptors (Lipinski definition) is 3. The van der Waals surface area contributed by atoms with E-state index in [-0.39, 0.29) is 11.0 Å². The molecule has 0 spiro atoms. The molecule has 1 aliphatic carbocycles. The maximum Gasteiger partial charge on any atom is 0.418 e. The molecule has 1 saturated carbocycles. The molecule has 0 amide bonds. The van der Waals surface area contributed by atoms with Gasteiger partial charge in [-0.3, -0.25) is 4.98 Å². The van der Waals surface area contributed by atoms with Crippen LogP contribution in [0.1, 0.15) is 57.7 Å². The second-order valence-corrected chi connectivity index (χ2v) is 12.1. The number of fused-ring (bicyclic) bond motifs is 1. The van der Waals surface area contributed by atoms with E-state index in [1.807, 2.05) is 25.3 Å². The summed E-state index contributed by atoms with van der Waals surface area (Å²) >= 11 is 0. The molecule has 0 radical (unpaired) electrons. The summed E-state index contributed by atoms with van der Waals surface area (Å²) < 4.78 is 85.5. The molecular formula is C24H27F4N3O2S. The Balaban J connectivity index is 1.89. The molecular weight excluding hydrogens is 470 g/mol. The number of halogens is 4. The van der Waals surface area contributed by atoms with Gasteiger partial charge in [-0.1, -0.05) is 20.8 Å². The summed E-state index contributed by atoms with van der Waals surface area (Å²) in [6, 6.07) is 3.95. The maximum absolute atomic E-state index is 15.3. The Kier molecular flexibility index (Phi) is 6.05. The fraction of sp³-hybridized carbons (Fsp3) is 0.458. The van der Waals surface area contributed by atoms with Crippen LogP contribution in [0.4, 0.5) is 17.6 Å². The van der Waals surface area contributed by atoms with E-state index in [2.05, 4.69) is 9.71 Å². The summed E-state index contributed by atoms with van der Waals surface area (Å²) in [5.41, 5.74) is -0.888. The van der Waals surface area contributed by atoms with Gasteiger partial charge in [0.2, 0.25) is 10.0 Å². The monoisotopic (exact) mass is 497 g/mol. The van der Waals surface area contributed by atoms with Crippen LogP contribution in [-0.2, 0) is 22.7 Å². The van der Waals surface area contributed by atoms with Gasteiger partial charge in [0.05, 0.1) is 16.5 Å². The molecule has 1 atom stereocenters. The van der Waals surface area contributed by atoms with Crippen molar-refractivity contribution >= 4 is 20.9 Å². The second-order valence-electron chi connectivity index (χ2n) is 10.1. The van der Waals surface area contributed by atoms with E-state index < -0.39 is 44.6 Å². The number of benzene rings is 1. The quantitative estimate of drug-likeness (QED) is 0.422. The maximum atomic E-state index is 15.3. The van der Waals surface area contributed by atoms with E-state index >= 15 is 4.39 Å². The normalized spacial score (nSPS) is 16.2. The molecule has 2 aromatic heterocycles. The number of rotatable bonds is 6. The van der Waals surface area contributed by atoms with Crippen LogP contribution in [0.15, 0.2) is 36.7 Å². The minimum Gasteiger partial charge on any atom is -0.347 e. The van der Waals surface area contributed by atoms with Crippen molar-refractivity contribution in [3.05, 3.63) is 53.6 Å². The van der Waals surface area contributed by atoms with E-state index in [4.69, 9.17) is 0 Å². The predicted octanol–water partition coefficient (Wildman–Crippen LogP) is 6.05. The van der Waals surface area contributed by atoms with Crippen LogP contribution >= 0.6 is 0 Å². The first kappa shape index (κ1) is 24.7. The van der Waals surface area contributed by atoms with Gasteiger partial charge in [0.1, 0.15) is 5.82 Å². The van der Waals surface area contributed by atoms with Crippen LogP contribution in [0, 0.1) is 11.2 Å². The van der Waals surface area contributed by atoms with Gasteiger partial charge >= 0.3 is 6.18 Å². The van der Waals surface area contributed by atoms with E-state index in [1.54, 1.807) is 13.1 Å². The van der Waals surface area contributed by atoms with Crippen LogP contribution in [0.25, 0.3) is 22.2 Å². The minimum absolute atomic E-state index is 0.198. The van der Waals surface area contributed by atoms with Crippen molar-refractivity contribution in [1.82, 2.24) is 14.3 Å². The average Bonchev–Trinajstić information content (AvgIpc) is 3.51. The largest absolute Gasteiger partial charge is 0.418 e. The molecule has 1 aliphatic rings. The second kappa shape index (κ2) is 8.34. The van der Waals surface area contributed by atoms with Crippen LogP contribution in [-0.4, -0.2) is 23.2 Å². The van der Waals surface area contributed by atoms with Crippen molar-refractivity contribution in [2.45, 2.75) is 64.5 Å². The number of hydrogen-bond donors (Lipinski definition) is 1. The van der Waals surface area contributed by atoms with E-state index in [0.29, 0.717) is 35.9 Å². The summed E-state index contributed by atoms with van der Waals surface area (Å²) in [5, 5.41) is 0.0344. The summed E-state index contributed by atoms with van der Waals surface area (Å²) in [4.78, 5) is 3.84. The van der Waals surface area contributed by atoms with Crippen LogP contribution in [0.2, 0.25) is 0 Å². The van der Waals surface area contributed by atoms with Crippen LogP contribution in [0.3, 0.4) is 0 Å². The predicted molar refractivity (Wildman–Crippen MR) is 123 cm³/mol. The van der Waals surface area contributed by atoms with Crippen LogP contribution < -0.4 is 4.72 Å². The molecule has 0 bridgehead atoms. The fourth-order valence-corrected chi connectivity index (χ4v) is 5.71. The summed E-state index contributed by atoms with van der Waals surface area (Å²) in [6.07, 6.45) is -0.529. The molecule has 2 heterocycles. The highest BCUT2D eigenvalue weighted by Gasteiger charge is 2.37. The Morgan fingerprint density at radius 2 is 1.88 bits per heavy atom. The van der Waals surface area contributed by atoms with Crippen molar-refractivity contribution in [3.63, 3.8) is 0 Å². The number of sulfonamides is 1. The average molecular weight is 498 g/mol. The van der Waals surface area contributed by atoms with E-state index in [1.165, 1.54) is 18.3 Å². The van der Waals surface area contributed by atoms with Gasteiger partial charge in [0, 0.05) is 41.4 Å². The zero-order chi connectivity index (χ0) is 25.1. The topological polar surface area (TPSA) is 64.0 Å². The number of nitrogens with one attached hydrogen (secondary N) is 1. The third-order valence-electron chi connectivity index (χ3n) is 5.78. The molecule has 10 heteroatoms. The molecule has 1 aromatic carbocycles. The van der Waals surface area contributed by atoms with Crippen molar-refractivity contribution in [1.29, 1.82) is 0 Å². The summed E-state index contributed by atoms with van der Waals surface area (Å²) in [7, 11) is -3.50. The van der Waals surface area contributed by atoms with Gasteiger partial charge in [0.25, 0.3) is 0 Å². The summed E-state index contributed by atoms with van der Waals surface area (Å²) in [5.74, 6) is -0.858. The first-order valence-corrected chi connectivity index (χ1v) is 12.6. The van der Waals surface area contributed by atoms with Crippen molar-refractivity contribution in [2.75, 3.05) is 0 Å². The standard InChI is InChI=1S/C24H27F4N3O2S/c1-14(30-34(32,33)15-7-8-15)18-12-31(13-23(2,3)4)21-11-17(20(25)10-16(18)21)22-19(24(26,27)28)6-5-9-29-22/h5-6,9-12,14-15,30H,7-8,13H2,1-4H3/t14-/m1/s1. The van der Waals surface area contributed by atoms with E-state index in [9.17, 15) is 21.6 Å². The van der Waals surface area contributed by atoms with Gasteiger partial charge in [-0.25, -0.2) is 17.5 Å². The van der Waals surface area contributed by atoms with E-state index in [0.717, 1.165) is 12.1 Å². The Morgan fingerprint density at radius 3 is 2.47 bits per heavy atom. The van der Waals surface area contributed by atoms with Gasteiger partial charge in [0.15, 0.2) is 0 Å². The highest BCUT2D eigenvalue weighted by Crippen LogP contribution is 2.39. The van der Waals surface area contributed by atoms with Crippen LogP contribution in [0.5, 0.6) is 0 Å². The molecule has 184 valence electrons. The van der Waals surface area contributed by atoms with Crippen molar-refractivity contribution < 1.29 is 26.0 Å². The van der Waals surface area contributed by atoms with Crippen molar-refractivity contribution in [3.8, 4) is 11.3 Å². The summed E-state index contributed by atoms with van der Waals surface area (Å²) in [6.45, 7) is 8.18. The number of nitrogens with zero attached hydrogens (tertiary/aromatic N) is 2. The molecule has 0 unspecified atom stereocenters. The molecule has 0 saturated heterocycles. The zero-order valence-electron chi connectivity index (χ0n) is 19.4. The molecule has 3 aromatic rings. The molecule has 1 N–H and O–H groups in total. The lowest BCUT2D eigenvalue weighted by molar-refractivity contribution is -0.137. The van der Waals surface area contributed by atoms with Gasteiger partial charge in [-0.15, -0.1) is 0 Å². The highest BCUT2D eigenvalue weighted by atomic mass is 32.2. The molecule has 34 heavy (non-hydrogen) atoms. The van der Waals surface area contributed by atoms with Crippen molar-refractivity contribution in [2.24, 2.45) is 5.41 Å². The minimum atomic E-state index is -4.70. The lowest BCUT2D eigenvalue weighted by Gasteiger charge is -2.20. The number of pyridine rings is 1. The fourth-order valence-electron chi connectivity index (χ4n) is 4.14. The Hall–Kier alpha value is -2.46. The first-order valence-electron chi connectivity index (χ1n) is 11.0. The molecule has 4 rings (SSSR count). The highest BCUT2D eigenvalue weighted by molar-refractivity contribution is 7.90. The first-order chi connectivity index (χ1) is 15.7. The Morgan fingerprint density at radius 1 is 1.21 bits per heavy atom. The number of aromatic nitrogens is 2. The van der Waals surface area contributed by atoms with Gasteiger partial charge < -0.3 is 4.57 Å². The van der Waals surface area contributed by atoms with Gasteiger partial charge in [-0.05, 0) is 55.0 Å². The lowest BCUT2D eigenvalue weighted by atomic mass is 9.96. The lowest BCUT2D eigenvalue weighted by Crippen LogP contribution is -2.29. The third-order valence-corrected chi connectivity index (χ3v) is 7.82. The zero-order valence-corrected chi connectivity index (χ0v) is 20.2.